The lowest BCUT2D eigenvalue weighted by Crippen LogP contribution is -2.48. The van der Waals surface area contributed by atoms with Crippen LogP contribution in [0.25, 0.3) is 0 Å². The van der Waals surface area contributed by atoms with Crippen LogP contribution in [0.15, 0.2) is 6.07 Å². The summed E-state index contributed by atoms with van der Waals surface area (Å²) in [5, 5.41) is 3.17. The first-order valence-electron chi connectivity index (χ1n) is 7.49. The van der Waals surface area contributed by atoms with E-state index in [1.807, 2.05) is 19.9 Å². The van der Waals surface area contributed by atoms with E-state index < -0.39 is 0 Å². The summed E-state index contributed by atoms with van der Waals surface area (Å²) in [7, 11) is 0. The van der Waals surface area contributed by atoms with E-state index in [1.54, 1.807) is 0 Å². The summed E-state index contributed by atoms with van der Waals surface area (Å²) in [6, 6.07) is 2.22. The molecule has 3 rings (SSSR count). The molecular weight excluding hydrogens is 252 g/mol. The summed E-state index contributed by atoms with van der Waals surface area (Å²) in [5.74, 6) is 1.31. The van der Waals surface area contributed by atoms with Crippen molar-refractivity contribution in [2.24, 2.45) is 5.92 Å². The third-order valence-electron chi connectivity index (χ3n) is 3.97. The SMILES string of the molecule is Cc1cc(C)nc(N2CCCC(NC(=O)C3CC3)C2)n1. The van der Waals surface area contributed by atoms with Gasteiger partial charge in [-0.25, -0.2) is 9.97 Å². The first-order chi connectivity index (χ1) is 9.61. The molecule has 2 heterocycles. The molecule has 0 spiro atoms. The van der Waals surface area contributed by atoms with Crippen molar-refractivity contribution in [1.82, 2.24) is 15.3 Å². The van der Waals surface area contributed by atoms with E-state index in [9.17, 15) is 4.79 Å². The Morgan fingerprint density at radius 2 is 1.95 bits per heavy atom. The molecule has 1 aromatic rings. The van der Waals surface area contributed by atoms with Gasteiger partial charge in [0.25, 0.3) is 0 Å². The molecule has 1 saturated heterocycles. The maximum atomic E-state index is 11.9. The Kier molecular flexibility index (Phi) is 3.59. The van der Waals surface area contributed by atoms with Crippen LogP contribution in [-0.2, 0) is 4.79 Å². The van der Waals surface area contributed by atoms with Gasteiger partial charge < -0.3 is 10.2 Å². The molecule has 0 radical (unpaired) electrons. The van der Waals surface area contributed by atoms with Crippen LogP contribution in [0.3, 0.4) is 0 Å². The number of carbonyl (C=O) groups excluding carboxylic acids is 1. The highest BCUT2D eigenvalue weighted by molar-refractivity contribution is 5.81. The topological polar surface area (TPSA) is 58.1 Å². The van der Waals surface area contributed by atoms with Crippen LogP contribution < -0.4 is 10.2 Å². The number of piperidine rings is 1. The molecule has 20 heavy (non-hydrogen) atoms. The number of nitrogens with one attached hydrogen (secondary N) is 1. The van der Waals surface area contributed by atoms with Crippen LogP contribution in [0.1, 0.15) is 37.1 Å². The molecule has 108 valence electrons. The average Bonchev–Trinajstić information content (AvgIpc) is 3.22. The van der Waals surface area contributed by atoms with Gasteiger partial charge in [-0.15, -0.1) is 0 Å². The number of hydrogen-bond acceptors (Lipinski definition) is 4. The quantitative estimate of drug-likeness (QED) is 0.909. The van der Waals surface area contributed by atoms with Gasteiger partial charge >= 0.3 is 0 Å². The van der Waals surface area contributed by atoms with Crippen LogP contribution >= 0.6 is 0 Å². The molecule has 1 saturated carbocycles. The summed E-state index contributed by atoms with van der Waals surface area (Å²) in [6.45, 7) is 5.78. The molecule has 2 aliphatic rings. The third-order valence-corrected chi connectivity index (χ3v) is 3.97. The lowest BCUT2D eigenvalue weighted by Gasteiger charge is -2.33. The zero-order chi connectivity index (χ0) is 14.1. The standard InChI is InChI=1S/C15H22N4O/c1-10-8-11(2)17-15(16-10)19-7-3-4-13(9-19)18-14(20)12-5-6-12/h8,12-13H,3-7,9H2,1-2H3,(H,18,20). The monoisotopic (exact) mass is 274 g/mol. The van der Waals surface area contributed by atoms with Crippen molar-refractivity contribution in [3.05, 3.63) is 17.5 Å². The molecule has 2 fully saturated rings. The van der Waals surface area contributed by atoms with E-state index in [0.29, 0.717) is 0 Å². The smallest absolute Gasteiger partial charge is 0.225 e. The Bertz CT molecular complexity index is 492. The zero-order valence-corrected chi connectivity index (χ0v) is 12.2. The van der Waals surface area contributed by atoms with Crippen LogP contribution in [-0.4, -0.2) is 35.0 Å². The van der Waals surface area contributed by atoms with Gasteiger partial charge in [0.2, 0.25) is 11.9 Å². The Balaban J connectivity index is 1.66. The number of aryl methyl sites for hydroxylation is 2. The van der Waals surface area contributed by atoms with Gasteiger partial charge in [-0.05, 0) is 45.6 Å². The van der Waals surface area contributed by atoms with Gasteiger partial charge in [-0.3, -0.25) is 4.79 Å². The van der Waals surface area contributed by atoms with Gasteiger partial charge in [0.15, 0.2) is 0 Å². The van der Waals surface area contributed by atoms with Gasteiger partial charge in [0, 0.05) is 36.4 Å². The third kappa shape index (κ3) is 3.08. The number of nitrogens with zero attached hydrogens (tertiary/aromatic N) is 3. The molecule has 5 heteroatoms. The molecule has 0 bridgehead atoms. The Labute approximate surface area is 119 Å². The minimum absolute atomic E-state index is 0.234. The summed E-state index contributed by atoms with van der Waals surface area (Å²) >= 11 is 0. The Morgan fingerprint density at radius 3 is 2.60 bits per heavy atom. The van der Waals surface area contributed by atoms with Crippen LogP contribution in [0.5, 0.6) is 0 Å². The van der Waals surface area contributed by atoms with Gasteiger partial charge in [-0.2, -0.15) is 0 Å². The van der Waals surface area contributed by atoms with Crippen LogP contribution in [0.4, 0.5) is 5.95 Å². The summed E-state index contributed by atoms with van der Waals surface area (Å²) in [5.41, 5.74) is 1.99. The highest BCUT2D eigenvalue weighted by Gasteiger charge is 2.32. The number of carbonyl (C=O) groups is 1. The van der Waals surface area contributed by atoms with Crippen LogP contribution in [0.2, 0.25) is 0 Å². The van der Waals surface area contributed by atoms with Crippen LogP contribution in [0, 0.1) is 19.8 Å². The van der Waals surface area contributed by atoms with E-state index in [1.165, 1.54) is 0 Å². The molecular formula is C15H22N4O. The van der Waals surface area contributed by atoms with Crippen molar-refractivity contribution in [1.29, 1.82) is 0 Å². The van der Waals surface area contributed by atoms with E-state index in [2.05, 4.69) is 20.2 Å². The maximum Gasteiger partial charge on any atom is 0.225 e. The van der Waals surface area contributed by atoms with Crippen molar-refractivity contribution in [2.45, 2.75) is 45.6 Å². The Morgan fingerprint density at radius 1 is 1.25 bits per heavy atom. The fourth-order valence-corrected chi connectivity index (χ4v) is 2.79. The van der Waals surface area contributed by atoms with Crippen molar-refractivity contribution in [3.8, 4) is 0 Å². The number of anilines is 1. The second-order valence-corrected chi connectivity index (χ2v) is 6.02. The lowest BCUT2D eigenvalue weighted by atomic mass is 10.1. The Hall–Kier alpha value is -1.65. The van der Waals surface area contributed by atoms with E-state index >= 15 is 0 Å². The fraction of sp³-hybridized carbons (Fsp3) is 0.667. The van der Waals surface area contributed by atoms with Crippen molar-refractivity contribution >= 4 is 11.9 Å². The van der Waals surface area contributed by atoms with Crippen molar-refractivity contribution in [2.75, 3.05) is 18.0 Å². The van der Waals surface area contributed by atoms with Crippen molar-refractivity contribution in [3.63, 3.8) is 0 Å². The summed E-state index contributed by atoms with van der Waals surface area (Å²) in [4.78, 5) is 23.1. The molecule has 1 atom stereocenters. The second kappa shape index (κ2) is 5.38. The highest BCUT2D eigenvalue weighted by atomic mass is 16.2. The van der Waals surface area contributed by atoms with E-state index in [0.717, 1.165) is 56.1 Å². The largest absolute Gasteiger partial charge is 0.351 e. The summed E-state index contributed by atoms with van der Waals surface area (Å²) in [6.07, 6.45) is 4.25. The number of aromatic nitrogens is 2. The number of rotatable bonds is 3. The fourth-order valence-electron chi connectivity index (χ4n) is 2.79. The van der Waals surface area contributed by atoms with Gasteiger partial charge in [0.1, 0.15) is 0 Å². The molecule has 1 N–H and O–H groups in total. The molecule has 1 aliphatic heterocycles. The molecule has 1 aromatic heterocycles. The lowest BCUT2D eigenvalue weighted by molar-refractivity contribution is -0.123. The zero-order valence-electron chi connectivity index (χ0n) is 12.2. The minimum atomic E-state index is 0.234. The molecule has 1 unspecified atom stereocenters. The first-order valence-corrected chi connectivity index (χ1v) is 7.49. The molecule has 1 aliphatic carbocycles. The molecule has 0 aromatic carbocycles. The number of amides is 1. The average molecular weight is 274 g/mol. The van der Waals surface area contributed by atoms with Gasteiger partial charge in [0.05, 0.1) is 0 Å². The molecule has 1 amide bonds. The first kappa shape index (κ1) is 13.3. The second-order valence-electron chi connectivity index (χ2n) is 6.02. The van der Waals surface area contributed by atoms with Gasteiger partial charge in [-0.1, -0.05) is 0 Å². The van der Waals surface area contributed by atoms with E-state index in [-0.39, 0.29) is 17.9 Å². The molecule has 5 nitrogen and oxygen atoms in total. The highest BCUT2D eigenvalue weighted by Crippen LogP contribution is 2.29. The summed E-state index contributed by atoms with van der Waals surface area (Å²) < 4.78 is 0. The predicted molar refractivity (Wildman–Crippen MR) is 77.6 cm³/mol. The van der Waals surface area contributed by atoms with Crippen molar-refractivity contribution < 1.29 is 4.79 Å². The normalized spacial score (nSPS) is 22.7. The van der Waals surface area contributed by atoms with E-state index in [4.69, 9.17) is 0 Å². The predicted octanol–water partition coefficient (Wildman–Crippen LogP) is 1.59. The minimum Gasteiger partial charge on any atom is -0.351 e. The number of hydrogen-bond donors (Lipinski definition) is 1. The maximum absolute atomic E-state index is 11.9.